The van der Waals surface area contributed by atoms with Crippen LogP contribution in [0.5, 0.6) is 0 Å². The molecule has 2 N–H and O–H groups in total. The van der Waals surface area contributed by atoms with Gasteiger partial charge in [-0.1, -0.05) is 12.1 Å². The zero-order chi connectivity index (χ0) is 15.5. The average molecular weight is 314 g/mol. The van der Waals surface area contributed by atoms with Gasteiger partial charge in [-0.2, -0.15) is 0 Å². The van der Waals surface area contributed by atoms with Gasteiger partial charge >= 0.3 is 6.03 Å². The highest BCUT2D eigenvalue weighted by atomic mass is 32.2. The topological polar surface area (TPSA) is 75.3 Å². The van der Waals surface area contributed by atoms with Gasteiger partial charge in [-0.3, -0.25) is 0 Å². The van der Waals surface area contributed by atoms with Crippen molar-refractivity contribution in [2.45, 2.75) is 19.4 Å². The summed E-state index contributed by atoms with van der Waals surface area (Å²) in [6.45, 7) is 2.09. The molecule has 1 fully saturated rings. The lowest BCUT2D eigenvalue weighted by Gasteiger charge is -2.16. The summed E-state index contributed by atoms with van der Waals surface area (Å²) in [6.07, 6.45) is 0.585. The van der Waals surface area contributed by atoms with Crippen molar-refractivity contribution >= 4 is 15.9 Å². The first-order valence-electron chi connectivity index (χ1n) is 6.86. The van der Waals surface area contributed by atoms with Crippen molar-refractivity contribution in [1.82, 2.24) is 10.6 Å². The van der Waals surface area contributed by atoms with E-state index in [9.17, 15) is 17.6 Å². The summed E-state index contributed by atoms with van der Waals surface area (Å²) in [5.41, 5.74) is 0.675. The van der Waals surface area contributed by atoms with Gasteiger partial charge in [0, 0.05) is 6.54 Å². The molecule has 7 heteroatoms. The number of hydrogen-bond donors (Lipinski definition) is 2. The second-order valence-electron chi connectivity index (χ2n) is 5.40. The molecule has 21 heavy (non-hydrogen) atoms. The molecule has 0 spiro atoms. The average Bonchev–Trinajstić information content (AvgIpc) is 2.76. The quantitative estimate of drug-likeness (QED) is 0.887. The third-order valence-corrected chi connectivity index (χ3v) is 5.41. The van der Waals surface area contributed by atoms with Crippen molar-refractivity contribution in [1.29, 1.82) is 0 Å². The van der Waals surface area contributed by atoms with Gasteiger partial charge in [-0.05, 0) is 37.0 Å². The van der Waals surface area contributed by atoms with E-state index in [1.54, 1.807) is 19.1 Å². The van der Waals surface area contributed by atoms with E-state index in [2.05, 4.69) is 10.6 Å². The van der Waals surface area contributed by atoms with E-state index in [1.165, 1.54) is 12.1 Å². The van der Waals surface area contributed by atoms with E-state index >= 15 is 0 Å². The van der Waals surface area contributed by atoms with Gasteiger partial charge in [0.2, 0.25) is 0 Å². The number of halogens is 1. The zero-order valence-corrected chi connectivity index (χ0v) is 12.6. The van der Waals surface area contributed by atoms with E-state index < -0.39 is 9.84 Å². The molecular formula is C14H19FN2O3S. The second kappa shape index (κ2) is 6.43. The fourth-order valence-corrected chi connectivity index (χ4v) is 4.24. The van der Waals surface area contributed by atoms with Crippen LogP contribution >= 0.6 is 0 Å². The summed E-state index contributed by atoms with van der Waals surface area (Å²) in [5, 5.41) is 5.37. The molecule has 1 aliphatic heterocycles. The van der Waals surface area contributed by atoms with Crippen LogP contribution in [0, 0.1) is 11.7 Å². The Balaban J connectivity index is 1.79. The zero-order valence-electron chi connectivity index (χ0n) is 11.8. The Morgan fingerprint density at radius 2 is 2.24 bits per heavy atom. The molecule has 1 aromatic rings. The summed E-state index contributed by atoms with van der Waals surface area (Å²) in [5.74, 6) is -0.0455. The lowest BCUT2D eigenvalue weighted by atomic mass is 10.1. The van der Waals surface area contributed by atoms with E-state index in [0.717, 1.165) is 0 Å². The number of carbonyl (C=O) groups excluding carboxylic acids is 1. The predicted octanol–water partition coefficient (Wildman–Crippen LogP) is 1.62. The highest BCUT2D eigenvalue weighted by Gasteiger charge is 2.27. The maximum atomic E-state index is 13.1. The SMILES string of the molecule is C[C@H](NC(=O)NC[C@@H]1CCS(=O)(=O)C1)c1cccc(F)c1. The lowest BCUT2D eigenvalue weighted by molar-refractivity contribution is 0.236. The van der Waals surface area contributed by atoms with Crippen molar-refractivity contribution in [3.63, 3.8) is 0 Å². The molecule has 2 rings (SSSR count). The first kappa shape index (κ1) is 15.8. The van der Waals surface area contributed by atoms with Crippen LogP contribution in [0.15, 0.2) is 24.3 Å². The van der Waals surface area contributed by atoms with Crippen molar-refractivity contribution < 1.29 is 17.6 Å². The van der Waals surface area contributed by atoms with Gasteiger partial charge in [-0.25, -0.2) is 17.6 Å². The van der Waals surface area contributed by atoms with Gasteiger partial charge in [0.25, 0.3) is 0 Å². The normalized spacial score (nSPS) is 21.7. The summed E-state index contributed by atoms with van der Waals surface area (Å²) in [6, 6.07) is 5.33. The van der Waals surface area contributed by atoms with Crippen LogP contribution in [-0.4, -0.2) is 32.5 Å². The predicted molar refractivity (Wildman–Crippen MR) is 78.1 cm³/mol. The minimum Gasteiger partial charge on any atom is -0.338 e. The van der Waals surface area contributed by atoms with Crippen LogP contribution in [-0.2, 0) is 9.84 Å². The maximum Gasteiger partial charge on any atom is 0.315 e. The van der Waals surface area contributed by atoms with Crippen molar-refractivity contribution in [3.05, 3.63) is 35.6 Å². The number of carbonyl (C=O) groups is 1. The smallest absolute Gasteiger partial charge is 0.315 e. The van der Waals surface area contributed by atoms with E-state index in [-0.39, 0.29) is 35.3 Å². The Morgan fingerprint density at radius 3 is 2.86 bits per heavy atom. The molecule has 1 aromatic carbocycles. The summed E-state index contributed by atoms with van der Waals surface area (Å²) in [7, 11) is -2.93. The van der Waals surface area contributed by atoms with Gasteiger partial charge in [0.15, 0.2) is 9.84 Å². The Labute approximate surface area is 123 Å². The Kier molecular flexibility index (Phi) is 4.82. The number of rotatable bonds is 4. The number of benzene rings is 1. The highest BCUT2D eigenvalue weighted by molar-refractivity contribution is 7.91. The molecule has 116 valence electrons. The molecule has 5 nitrogen and oxygen atoms in total. The molecule has 0 radical (unpaired) electrons. The molecule has 2 amide bonds. The minimum absolute atomic E-state index is 0.0229. The van der Waals surface area contributed by atoms with Gasteiger partial charge in [0.1, 0.15) is 5.82 Å². The minimum atomic E-state index is -2.93. The fraction of sp³-hybridized carbons (Fsp3) is 0.500. The molecule has 1 aliphatic rings. The van der Waals surface area contributed by atoms with Gasteiger partial charge in [0.05, 0.1) is 17.5 Å². The van der Waals surface area contributed by atoms with E-state index in [4.69, 9.17) is 0 Å². The Morgan fingerprint density at radius 1 is 1.48 bits per heavy atom. The van der Waals surface area contributed by atoms with Crippen LogP contribution in [0.4, 0.5) is 9.18 Å². The van der Waals surface area contributed by atoms with Crippen LogP contribution in [0.2, 0.25) is 0 Å². The largest absolute Gasteiger partial charge is 0.338 e. The Bertz CT molecular complexity index is 618. The Hall–Kier alpha value is -1.63. The third-order valence-electron chi connectivity index (χ3n) is 3.57. The maximum absolute atomic E-state index is 13.1. The molecule has 0 unspecified atom stereocenters. The van der Waals surface area contributed by atoms with Gasteiger partial charge in [-0.15, -0.1) is 0 Å². The number of amides is 2. The molecule has 0 saturated carbocycles. The number of nitrogens with one attached hydrogen (secondary N) is 2. The van der Waals surface area contributed by atoms with Gasteiger partial charge < -0.3 is 10.6 Å². The molecule has 1 saturated heterocycles. The van der Waals surface area contributed by atoms with Crippen LogP contribution < -0.4 is 10.6 Å². The van der Waals surface area contributed by atoms with Crippen LogP contribution in [0.25, 0.3) is 0 Å². The fourth-order valence-electron chi connectivity index (χ4n) is 2.38. The first-order valence-corrected chi connectivity index (χ1v) is 8.68. The second-order valence-corrected chi connectivity index (χ2v) is 7.63. The molecule has 0 bridgehead atoms. The molecular weight excluding hydrogens is 295 g/mol. The molecule has 2 atom stereocenters. The highest BCUT2D eigenvalue weighted by Crippen LogP contribution is 2.17. The standard InChI is InChI=1S/C14H19FN2O3S/c1-10(12-3-2-4-13(15)7-12)17-14(18)16-8-11-5-6-21(19,20)9-11/h2-4,7,10-11H,5-6,8-9H2,1H3,(H2,16,17,18)/t10-,11-/m0/s1. The summed E-state index contributed by atoms with van der Waals surface area (Å²) >= 11 is 0. The van der Waals surface area contributed by atoms with Crippen molar-refractivity contribution in [2.75, 3.05) is 18.1 Å². The van der Waals surface area contributed by atoms with Crippen molar-refractivity contribution in [2.24, 2.45) is 5.92 Å². The number of sulfone groups is 1. The third kappa shape index (κ3) is 4.70. The van der Waals surface area contributed by atoms with Crippen LogP contribution in [0.3, 0.4) is 0 Å². The van der Waals surface area contributed by atoms with E-state index in [0.29, 0.717) is 18.5 Å². The summed E-state index contributed by atoms with van der Waals surface area (Å²) < 4.78 is 35.7. The number of urea groups is 1. The molecule has 0 aliphatic carbocycles. The molecule has 0 aromatic heterocycles. The summed E-state index contributed by atoms with van der Waals surface area (Å²) in [4.78, 5) is 11.8. The van der Waals surface area contributed by atoms with Crippen molar-refractivity contribution in [3.8, 4) is 0 Å². The lowest BCUT2D eigenvalue weighted by Crippen LogP contribution is -2.39. The van der Waals surface area contributed by atoms with Crippen LogP contribution in [0.1, 0.15) is 24.9 Å². The number of hydrogen-bond acceptors (Lipinski definition) is 3. The molecule has 1 heterocycles. The van der Waals surface area contributed by atoms with E-state index in [1.807, 2.05) is 0 Å². The monoisotopic (exact) mass is 314 g/mol. The first-order chi connectivity index (χ1) is 9.85.